The van der Waals surface area contributed by atoms with Gasteiger partial charge in [-0.25, -0.2) is 19.3 Å². The van der Waals surface area contributed by atoms with Crippen molar-refractivity contribution in [3.63, 3.8) is 0 Å². The maximum Gasteiger partial charge on any atom is 0.144 e. The molecule has 1 fully saturated rings. The summed E-state index contributed by atoms with van der Waals surface area (Å²) in [5.41, 5.74) is 9.95. The Morgan fingerprint density at radius 2 is 2.03 bits per heavy atom. The molecule has 6 rings (SSSR count). The molecule has 3 N–H and O–H groups in total. The Balaban J connectivity index is 1.29. The van der Waals surface area contributed by atoms with Gasteiger partial charge in [-0.3, -0.25) is 0 Å². The van der Waals surface area contributed by atoms with Gasteiger partial charge in [-0.15, -0.1) is 6.58 Å². The van der Waals surface area contributed by atoms with Gasteiger partial charge in [0.05, 0.1) is 28.4 Å². The van der Waals surface area contributed by atoms with Crippen LogP contribution in [0, 0.1) is 11.7 Å². The van der Waals surface area contributed by atoms with Crippen molar-refractivity contribution in [3.05, 3.63) is 83.2 Å². The van der Waals surface area contributed by atoms with Crippen LogP contribution >= 0.6 is 11.6 Å². The van der Waals surface area contributed by atoms with Crippen LogP contribution in [0.3, 0.4) is 0 Å². The summed E-state index contributed by atoms with van der Waals surface area (Å²) in [7, 11) is 0. The predicted octanol–water partition coefficient (Wildman–Crippen LogP) is 5.51. The second-order valence-corrected chi connectivity index (χ2v) is 9.89. The van der Waals surface area contributed by atoms with Gasteiger partial charge in [0.2, 0.25) is 0 Å². The van der Waals surface area contributed by atoms with Crippen LogP contribution in [0.15, 0.2) is 61.1 Å². The average Bonchev–Trinajstić information content (AvgIpc) is 3.52. The monoisotopic (exact) mass is 489 g/mol. The third kappa shape index (κ3) is 3.79. The van der Waals surface area contributed by atoms with E-state index < -0.39 is 6.10 Å². The summed E-state index contributed by atoms with van der Waals surface area (Å²) in [5.74, 6) is 0.125. The molecule has 0 unspecified atom stereocenters. The molecule has 0 spiro atoms. The van der Waals surface area contributed by atoms with Gasteiger partial charge in [-0.05, 0) is 61.1 Å². The van der Waals surface area contributed by atoms with Gasteiger partial charge in [0.25, 0.3) is 0 Å². The van der Waals surface area contributed by atoms with Crippen molar-refractivity contribution in [2.24, 2.45) is 5.92 Å². The standard InChI is InChI=1S/C27H25ClFN5O/c1-2-17-23(34-8-7-18-24(15-5-6-15)31-13-32-27(18)34)11-16(25(17)35)4-3-14-9-21(29)19-12-20(28)26(30)33-22(19)10-14/h2,7-13,15,17,23,25,35H,1,3-6H2,(H2,30,33)/t17-,23+,25+/m0/s1. The summed E-state index contributed by atoms with van der Waals surface area (Å²) in [6, 6.07) is 6.79. The fourth-order valence-corrected chi connectivity index (χ4v) is 5.40. The lowest BCUT2D eigenvalue weighted by Crippen LogP contribution is -2.22. The van der Waals surface area contributed by atoms with Crippen molar-refractivity contribution >= 4 is 39.4 Å². The van der Waals surface area contributed by atoms with Gasteiger partial charge in [0, 0.05) is 28.8 Å². The van der Waals surface area contributed by atoms with Crippen LogP contribution in [0.4, 0.5) is 10.2 Å². The number of nitrogens with zero attached hydrogens (tertiary/aromatic N) is 4. The molecule has 1 saturated carbocycles. The molecule has 1 aromatic carbocycles. The van der Waals surface area contributed by atoms with E-state index in [9.17, 15) is 9.50 Å². The molecule has 8 heteroatoms. The highest BCUT2D eigenvalue weighted by Gasteiger charge is 2.36. The lowest BCUT2D eigenvalue weighted by Gasteiger charge is -2.21. The molecule has 178 valence electrons. The summed E-state index contributed by atoms with van der Waals surface area (Å²) in [4.78, 5) is 13.3. The number of aliphatic hydroxyl groups is 1. The number of aliphatic hydroxyl groups excluding tert-OH is 1. The van der Waals surface area contributed by atoms with E-state index in [1.54, 1.807) is 12.4 Å². The van der Waals surface area contributed by atoms with E-state index in [0.29, 0.717) is 29.7 Å². The van der Waals surface area contributed by atoms with E-state index in [0.717, 1.165) is 27.9 Å². The fraction of sp³-hybridized carbons (Fsp3) is 0.296. The van der Waals surface area contributed by atoms with Crippen LogP contribution in [0.25, 0.3) is 21.9 Å². The second-order valence-electron chi connectivity index (χ2n) is 9.48. The van der Waals surface area contributed by atoms with Gasteiger partial charge in [-0.1, -0.05) is 23.8 Å². The van der Waals surface area contributed by atoms with Crippen LogP contribution < -0.4 is 5.73 Å². The number of rotatable bonds is 6. The minimum absolute atomic E-state index is 0.103. The predicted molar refractivity (Wildman–Crippen MR) is 136 cm³/mol. The fourth-order valence-electron chi connectivity index (χ4n) is 5.25. The Kier molecular flexibility index (Phi) is 5.34. The highest BCUT2D eigenvalue weighted by atomic mass is 35.5. The molecule has 3 heterocycles. The first-order valence-electron chi connectivity index (χ1n) is 11.8. The number of allylic oxidation sites excluding steroid dienone is 1. The first kappa shape index (κ1) is 22.2. The molecular weight excluding hydrogens is 465 g/mol. The zero-order chi connectivity index (χ0) is 24.3. The lowest BCUT2D eigenvalue weighted by atomic mass is 9.96. The number of fused-ring (bicyclic) bond motifs is 2. The highest BCUT2D eigenvalue weighted by Crippen LogP contribution is 2.43. The van der Waals surface area contributed by atoms with E-state index in [4.69, 9.17) is 17.3 Å². The number of pyridine rings is 1. The lowest BCUT2D eigenvalue weighted by molar-refractivity contribution is 0.159. The van der Waals surface area contributed by atoms with Crippen LogP contribution in [-0.4, -0.2) is 30.7 Å². The molecule has 0 radical (unpaired) electrons. The number of hydrogen-bond acceptors (Lipinski definition) is 5. The molecule has 0 amide bonds. The van der Waals surface area contributed by atoms with Crippen molar-refractivity contribution in [2.45, 2.75) is 43.7 Å². The van der Waals surface area contributed by atoms with Crippen molar-refractivity contribution in [3.8, 4) is 0 Å². The number of benzene rings is 1. The SMILES string of the molecule is C=C[C@@H]1[C@H](O)C(CCc2cc(F)c3cc(Cl)c(N)nc3c2)=C[C@H]1n1ccc2c(C3CC3)ncnc21. The summed E-state index contributed by atoms with van der Waals surface area (Å²) < 4.78 is 16.8. The normalized spacial score (nSPS) is 22.1. The Morgan fingerprint density at radius 1 is 1.20 bits per heavy atom. The third-order valence-electron chi connectivity index (χ3n) is 7.25. The first-order chi connectivity index (χ1) is 16.9. The summed E-state index contributed by atoms with van der Waals surface area (Å²) in [5, 5.41) is 12.8. The van der Waals surface area contributed by atoms with E-state index in [1.807, 2.05) is 12.3 Å². The summed E-state index contributed by atoms with van der Waals surface area (Å²) in [6.07, 6.45) is 10.4. The van der Waals surface area contributed by atoms with Gasteiger partial charge in [0.1, 0.15) is 23.6 Å². The first-order valence-corrected chi connectivity index (χ1v) is 12.2. The molecule has 35 heavy (non-hydrogen) atoms. The number of anilines is 1. The topological polar surface area (TPSA) is 89.8 Å². The molecule has 4 aromatic rings. The van der Waals surface area contributed by atoms with Crippen molar-refractivity contribution in [2.75, 3.05) is 5.73 Å². The zero-order valence-corrected chi connectivity index (χ0v) is 19.8. The molecular formula is C27H25ClFN5O. The summed E-state index contributed by atoms with van der Waals surface area (Å²) in [6.45, 7) is 3.98. The number of nitrogen functional groups attached to an aromatic ring is 1. The van der Waals surface area contributed by atoms with Crippen LogP contribution in [-0.2, 0) is 6.42 Å². The zero-order valence-electron chi connectivity index (χ0n) is 19.0. The molecule has 3 atom stereocenters. The van der Waals surface area contributed by atoms with Gasteiger partial charge in [-0.2, -0.15) is 0 Å². The van der Waals surface area contributed by atoms with E-state index >= 15 is 0 Å². The Bertz CT molecular complexity index is 1510. The van der Waals surface area contributed by atoms with E-state index in [-0.39, 0.29) is 28.6 Å². The van der Waals surface area contributed by atoms with Crippen LogP contribution in [0.5, 0.6) is 0 Å². The quantitative estimate of drug-likeness (QED) is 0.348. The average molecular weight is 490 g/mol. The van der Waals surface area contributed by atoms with Gasteiger partial charge >= 0.3 is 0 Å². The van der Waals surface area contributed by atoms with E-state index in [2.05, 4.69) is 38.2 Å². The molecule has 6 nitrogen and oxygen atoms in total. The summed E-state index contributed by atoms with van der Waals surface area (Å²) >= 11 is 6.00. The second kappa shape index (κ2) is 8.43. The van der Waals surface area contributed by atoms with Crippen molar-refractivity contribution < 1.29 is 9.50 Å². The number of nitrogens with two attached hydrogens (primary N) is 1. The van der Waals surface area contributed by atoms with E-state index in [1.165, 1.54) is 25.0 Å². The molecule has 2 aliphatic carbocycles. The molecule has 0 saturated heterocycles. The van der Waals surface area contributed by atoms with Crippen LogP contribution in [0.1, 0.15) is 42.5 Å². The third-order valence-corrected chi connectivity index (χ3v) is 7.55. The van der Waals surface area contributed by atoms with Crippen molar-refractivity contribution in [1.29, 1.82) is 0 Å². The van der Waals surface area contributed by atoms with Gasteiger partial charge in [0.15, 0.2) is 0 Å². The maximum atomic E-state index is 14.7. The maximum absolute atomic E-state index is 14.7. The Hall–Kier alpha value is -3.29. The Morgan fingerprint density at radius 3 is 2.80 bits per heavy atom. The van der Waals surface area contributed by atoms with Gasteiger partial charge < -0.3 is 15.4 Å². The Labute approximate surface area is 207 Å². The minimum atomic E-state index is -0.669. The number of aryl methyl sites for hydroxylation is 1. The minimum Gasteiger partial charge on any atom is -0.388 e. The number of hydrogen-bond donors (Lipinski definition) is 2. The highest BCUT2D eigenvalue weighted by molar-refractivity contribution is 6.33. The molecule has 0 aliphatic heterocycles. The molecule has 0 bridgehead atoms. The molecule has 3 aromatic heterocycles. The smallest absolute Gasteiger partial charge is 0.144 e. The number of aromatic nitrogens is 4. The van der Waals surface area contributed by atoms with Crippen molar-refractivity contribution in [1.82, 2.24) is 19.5 Å². The molecule has 2 aliphatic rings. The van der Waals surface area contributed by atoms with Crippen LogP contribution in [0.2, 0.25) is 5.02 Å². The largest absolute Gasteiger partial charge is 0.388 e. The number of halogens is 2.